The van der Waals surface area contributed by atoms with Crippen LogP contribution in [0.1, 0.15) is 27.3 Å². The van der Waals surface area contributed by atoms with Gasteiger partial charge in [-0.25, -0.2) is 0 Å². The summed E-state index contributed by atoms with van der Waals surface area (Å²) < 4.78 is 28.1. The van der Waals surface area contributed by atoms with Crippen LogP contribution in [0.15, 0.2) is 77.3 Å². The van der Waals surface area contributed by atoms with E-state index in [9.17, 15) is 8.42 Å². The van der Waals surface area contributed by atoms with Gasteiger partial charge in [-0.3, -0.25) is 4.98 Å². The van der Waals surface area contributed by atoms with Gasteiger partial charge < -0.3 is 5.73 Å². The van der Waals surface area contributed by atoms with Gasteiger partial charge in [0.1, 0.15) is 0 Å². The number of aryl methyl sites for hydroxylation is 1. The van der Waals surface area contributed by atoms with Crippen LogP contribution in [0.3, 0.4) is 0 Å². The van der Waals surface area contributed by atoms with E-state index in [1.807, 2.05) is 49.5 Å². The summed E-state index contributed by atoms with van der Waals surface area (Å²) in [6.45, 7) is 1.91. The molecule has 0 spiro atoms. The number of benzene rings is 2. The molecule has 0 aliphatic heterocycles. The molecule has 1 aliphatic rings. The Morgan fingerprint density at radius 3 is 2.52 bits per heavy atom. The maximum absolute atomic E-state index is 13.5. The Labute approximate surface area is 184 Å². The number of rotatable bonds is 4. The zero-order valence-electron chi connectivity index (χ0n) is 16.8. The minimum absolute atomic E-state index is 0.182. The number of nitrogens with zero attached hydrogens (tertiary/aromatic N) is 3. The lowest BCUT2D eigenvalue weighted by atomic mass is 9.72. The molecule has 1 aliphatic carbocycles. The predicted octanol–water partition coefficient (Wildman–Crippen LogP) is 4.02. The fourth-order valence-electron chi connectivity index (χ4n) is 4.05. The highest BCUT2D eigenvalue weighted by atomic mass is 32.2. The molecule has 6 nitrogen and oxygen atoms in total. The molecule has 0 fully saturated rings. The molecule has 4 aromatic rings. The van der Waals surface area contributed by atoms with Gasteiger partial charge in [0.05, 0.1) is 21.5 Å². The van der Waals surface area contributed by atoms with Crippen molar-refractivity contribution < 1.29 is 8.42 Å². The van der Waals surface area contributed by atoms with E-state index in [0.29, 0.717) is 17.7 Å². The highest BCUT2D eigenvalue weighted by Gasteiger charge is 2.40. The van der Waals surface area contributed by atoms with E-state index in [2.05, 4.69) is 16.2 Å². The molecule has 1 unspecified atom stereocenters. The first-order valence-electron chi connectivity index (χ1n) is 9.75. The molecule has 0 bridgehead atoms. The van der Waals surface area contributed by atoms with Crippen molar-refractivity contribution in [3.05, 3.63) is 99.6 Å². The lowest BCUT2D eigenvalue weighted by Crippen LogP contribution is -2.32. The van der Waals surface area contributed by atoms with Crippen LogP contribution in [0.4, 0.5) is 5.82 Å². The van der Waals surface area contributed by atoms with Crippen LogP contribution >= 0.6 is 11.3 Å². The van der Waals surface area contributed by atoms with Gasteiger partial charge >= 0.3 is 0 Å². The largest absolute Gasteiger partial charge is 0.382 e. The van der Waals surface area contributed by atoms with Gasteiger partial charge in [0.15, 0.2) is 5.82 Å². The molecule has 156 valence electrons. The molecule has 8 heteroatoms. The number of anilines is 1. The molecular formula is C23H20N4O2S2. The average molecular weight is 449 g/mol. The van der Waals surface area contributed by atoms with Gasteiger partial charge in [0, 0.05) is 23.1 Å². The number of thiazole rings is 1. The third kappa shape index (κ3) is 3.10. The SMILES string of the molecule is Cc1ccc(S(=O)(=O)n2nc(N)c3c2CC(c2ccccc2)(c2cncs2)C=C3)cc1. The number of allylic oxidation sites excluding steroid dienone is 1. The van der Waals surface area contributed by atoms with E-state index in [1.54, 1.807) is 41.1 Å². The van der Waals surface area contributed by atoms with Crippen LogP contribution < -0.4 is 5.73 Å². The molecule has 2 heterocycles. The van der Waals surface area contributed by atoms with Crippen molar-refractivity contribution >= 4 is 33.3 Å². The Kier molecular flexibility index (Phi) is 4.56. The zero-order valence-corrected chi connectivity index (χ0v) is 18.4. The van der Waals surface area contributed by atoms with E-state index in [4.69, 9.17) is 5.73 Å². The van der Waals surface area contributed by atoms with Crippen LogP contribution in [0.25, 0.3) is 6.08 Å². The van der Waals surface area contributed by atoms with Crippen molar-refractivity contribution in [1.29, 1.82) is 0 Å². The average Bonchev–Trinajstić information content (AvgIpc) is 3.43. The number of nitrogens with two attached hydrogens (primary N) is 1. The second-order valence-corrected chi connectivity index (χ2v) is 10.3. The lowest BCUT2D eigenvalue weighted by Gasteiger charge is -2.33. The van der Waals surface area contributed by atoms with Gasteiger partial charge in [-0.2, -0.15) is 12.5 Å². The Morgan fingerprint density at radius 2 is 1.84 bits per heavy atom. The predicted molar refractivity (Wildman–Crippen MR) is 122 cm³/mol. The number of fused-ring (bicyclic) bond motifs is 1. The third-order valence-electron chi connectivity index (χ3n) is 5.70. The van der Waals surface area contributed by atoms with Crippen LogP contribution in [-0.4, -0.2) is 22.6 Å². The van der Waals surface area contributed by atoms with Gasteiger partial charge in [-0.05, 0) is 24.6 Å². The number of hydrogen-bond acceptors (Lipinski definition) is 6. The summed E-state index contributed by atoms with van der Waals surface area (Å²) in [5, 5.41) is 4.25. The van der Waals surface area contributed by atoms with Crippen LogP contribution in [0.2, 0.25) is 0 Å². The maximum atomic E-state index is 13.5. The van der Waals surface area contributed by atoms with E-state index in [0.717, 1.165) is 20.1 Å². The molecular weight excluding hydrogens is 428 g/mol. The molecule has 2 aromatic heterocycles. The first kappa shape index (κ1) is 19.7. The molecule has 5 rings (SSSR count). The summed E-state index contributed by atoms with van der Waals surface area (Å²) in [6, 6.07) is 16.8. The zero-order chi connectivity index (χ0) is 21.6. The summed E-state index contributed by atoms with van der Waals surface area (Å²) >= 11 is 1.54. The molecule has 31 heavy (non-hydrogen) atoms. The molecule has 1 atom stereocenters. The van der Waals surface area contributed by atoms with Crippen LogP contribution in [0.5, 0.6) is 0 Å². The van der Waals surface area contributed by atoms with Gasteiger partial charge in [-0.15, -0.1) is 16.4 Å². The van der Waals surface area contributed by atoms with Crippen molar-refractivity contribution in [2.75, 3.05) is 5.73 Å². The quantitative estimate of drug-likeness (QED) is 0.509. The monoisotopic (exact) mass is 448 g/mol. The van der Waals surface area contributed by atoms with E-state index < -0.39 is 15.4 Å². The van der Waals surface area contributed by atoms with Crippen molar-refractivity contribution in [1.82, 2.24) is 14.2 Å². The summed E-state index contributed by atoms with van der Waals surface area (Å²) in [5.74, 6) is 0.202. The first-order chi connectivity index (χ1) is 14.9. The maximum Gasteiger partial charge on any atom is 0.283 e. The van der Waals surface area contributed by atoms with Crippen molar-refractivity contribution in [3.8, 4) is 0 Å². The fourth-order valence-corrected chi connectivity index (χ4v) is 6.20. The number of nitrogen functional groups attached to an aromatic ring is 1. The summed E-state index contributed by atoms with van der Waals surface area (Å²) in [6.07, 6.45) is 6.21. The van der Waals surface area contributed by atoms with Crippen LogP contribution in [-0.2, 0) is 21.9 Å². The van der Waals surface area contributed by atoms with Crippen molar-refractivity contribution in [2.24, 2.45) is 0 Å². The first-order valence-corrected chi connectivity index (χ1v) is 12.1. The number of aromatic nitrogens is 3. The summed E-state index contributed by atoms with van der Waals surface area (Å²) in [5.41, 5.74) is 10.6. The van der Waals surface area contributed by atoms with Gasteiger partial charge in [-0.1, -0.05) is 60.2 Å². The van der Waals surface area contributed by atoms with E-state index >= 15 is 0 Å². The van der Waals surface area contributed by atoms with Gasteiger partial charge in [0.2, 0.25) is 0 Å². The smallest absolute Gasteiger partial charge is 0.283 e. The number of hydrogen-bond donors (Lipinski definition) is 1. The van der Waals surface area contributed by atoms with Crippen LogP contribution in [0, 0.1) is 6.92 Å². The Hall–Kier alpha value is -3.23. The van der Waals surface area contributed by atoms with Crippen molar-refractivity contribution in [2.45, 2.75) is 23.7 Å². The molecule has 2 N–H and O–H groups in total. The lowest BCUT2D eigenvalue weighted by molar-refractivity contribution is 0.567. The third-order valence-corrected chi connectivity index (χ3v) is 8.28. The Bertz CT molecular complexity index is 1370. The molecule has 0 saturated heterocycles. The molecule has 2 aromatic carbocycles. The van der Waals surface area contributed by atoms with Crippen molar-refractivity contribution in [3.63, 3.8) is 0 Å². The Morgan fingerprint density at radius 1 is 1.10 bits per heavy atom. The highest BCUT2D eigenvalue weighted by molar-refractivity contribution is 7.89. The molecule has 0 saturated carbocycles. The minimum Gasteiger partial charge on any atom is -0.382 e. The standard InChI is InChI=1S/C23H20N4O2S2/c1-16-7-9-18(10-8-16)31(28,29)27-20-13-23(21-14-25-15-30-21,17-5-3-2-4-6-17)12-11-19(20)22(24)26-27/h2-12,14-15H,13H2,1H3,(H2,24,26). The fraction of sp³-hybridized carbons (Fsp3) is 0.130. The molecule has 0 amide bonds. The minimum atomic E-state index is -3.90. The second-order valence-electron chi connectivity index (χ2n) is 7.62. The summed E-state index contributed by atoms with van der Waals surface area (Å²) in [7, 11) is -3.90. The highest BCUT2D eigenvalue weighted by Crippen LogP contribution is 2.44. The van der Waals surface area contributed by atoms with E-state index in [1.165, 1.54) is 0 Å². The molecule has 0 radical (unpaired) electrons. The van der Waals surface area contributed by atoms with E-state index in [-0.39, 0.29) is 10.7 Å². The van der Waals surface area contributed by atoms with Gasteiger partial charge in [0.25, 0.3) is 10.0 Å². The Balaban J connectivity index is 1.70. The normalized spacial score (nSPS) is 18.1. The second kappa shape index (κ2) is 7.18. The summed E-state index contributed by atoms with van der Waals surface area (Å²) in [4.78, 5) is 5.48. The topological polar surface area (TPSA) is 90.9 Å².